The van der Waals surface area contributed by atoms with Crippen molar-refractivity contribution < 1.29 is 27.5 Å². The van der Waals surface area contributed by atoms with E-state index in [1.54, 1.807) is 25.7 Å². The number of carbonyl (C=O) groups is 2. The number of piperidine rings is 1. The molecule has 4 rings (SSSR count). The van der Waals surface area contributed by atoms with Crippen LogP contribution >= 0.6 is 0 Å². The van der Waals surface area contributed by atoms with E-state index in [2.05, 4.69) is 15.0 Å². The van der Waals surface area contributed by atoms with Crippen LogP contribution < -0.4 is 0 Å². The first-order valence-electron chi connectivity index (χ1n) is 12.8. The van der Waals surface area contributed by atoms with Gasteiger partial charge in [-0.15, -0.1) is 0 Å². The number of hydrogen-bond donors (Lipinski definition) is 0. The van der Waals surface area contributed by atoms with Gasteiger partial charge in [-0.05, 0) is 67.4 Å². The molecule has 3 aromatic rings. The predicted octanol–water partition coefficient (Wildman–Crippen LogP) is 3.97. The van der Waals surface area contributed by atoms with Gasteiger partial charge in [0.05, 0.1) is 31.0 Å². The van der Waals surface area contributed by atoms with E-state index >= 15 is 0 Å². The summed E-state index contributed by atoms with van der Waals surface area (Å²) in [5, 5.41) is 0. The van der Waals surface area contributed by atoms with Gasteiger partial charge in [0.15, 0.2) is 0 Å². The minimum Gasteiger partial charge on any atom is -0.469 e. The summed E-state index contributed by atoms with van der Waals surface area (Å²) in [7, 11) is 2.86. The number of aromatic nitrogens is 3. The quantitative estimate of drug-likeness (QED) is 0.220. The van der Waals surface area contributed by atoms with Crippen molar-refractivity contribution in [1.29, 1.82) is 0 Å². The first kappa shape index (κ1) is 28.4. The number of ether oxygens (including phenoxy) is 1. The molecule has 1 radical (unpaired) electrons. The number of methoxy groups -OCH3 is 1. The summed E-state index contributed by atoms with van der Waals surface area (Å²) in [4.78, 5) is 37.2. The molecule has 39 heavy (non-hydrogen) atoms. The fourth-order valence-electron chi connectivity index (χ4n) is 4.88. The van der Waals surface area contributed by atoms with Crippen molar-refractivity contribution in [1.82, 2.24) is 19.8 Å². The Labute approximate surface area is 226 Å². The molecule has 3 heterocycles. The van der Waals surface area contributed by atoms with Crippen LogP contribution in [0.5, 0.6) is 0 Å². The van der Waals surface area contributed by atoms with Crippen molar-refractivity contribution >= 4 is 19.6 Å². The number of carbonyl (C=O) groups excluding carboxylic acids is 2. The van der Waals surface area contributed by atoms with Crippen LogP contribution in [0.2, 0.25) is 0 Å². The largest absolute Gasteiger partial charge is 0.469 e. The Kier molecular flexibility index (Phi) is 9.45. The lowest BCUT2D eigenvalue weighted by molar-refractivity contribution is -0.140. The smallest absolute Gasteiger partial charge is 0.419 e. The maximum absolute atomic E-state index is 13.7. The zero-order valence-electron chi connectivity index (χ0n) is 21.7. The molecule has 7 nitrogen and oxygen atoms in total. The molecule has 1 aromatic carbocycles. The van der Waals surface area contributed by atoms with Crippen LogP contribution in [0.4, 0.5) is 13.2 Å². The van der Waals surface area contributed by atoms with Crippen molar-refractivity contribution in [3.63, 3.8) is 0 Å². The maximum atomic E-state index is 13.7. The van der Waals surface area contributed by atoms with E-state index in [0.717, 1.165) is 49.4 Å². The molecule has 1 aliphatic rings. The number of aryl methyl sites for hydroxylation is 2. The lowest BCUT2D eigenvalue weighted by Gasteiger charge is -2.31. The van der Waals surface area contributed by atoms with Crippen molar-refractivity contribution in [3.05, 3.63) is 88.3 Å². The van der Waals surface area contributed by atoms with Gasteiger partial charge < -0.3 is 14.3 Å². The van der Waals surface area contributed by atoms with Gasteiger partial charge in [-0.25, -0.2) is 9.97 Å². The normalized spacial score (nSPS) is 16.1. The van der Waals surface area contributed by atoms with Gasteiger partial charge in [0.1, 0.15) is 5.82 Å². The average molecular weight is 537 g/mol. The van der Waals surface area contributed by atoms with Gasteiger partial charge in [-0.3, -0.25) is 9.78 Å². The zero-order valence-corrected chi connectivity index (χ0v) is 21.7. The minimum absolute atomic E-state index is 0.00888. The van der Waals surface area contributed by atoms with Crippen LogP contribution in [0, 0.1) is 0 Å². The average Bonchev–Trinajstić information content (AvgIpc) is 2.93. The molecule has 0 N–H and O–H groups in total. The van der Waals surface area contributed by atoms with Crippen LogP contribution in [-0.4, -0.2) is 59.5 Å². The van der Waals surface area contributed by atoms with Crippen LogP contribution in [0.1, 0.15) is 58.2 Å². The molecule has 11 heteroatoms. The molecule has 0 bridgehead atoms. The molecule has 0 saturated carbocycles. The molecule has 1 unspecified atom stereocenters. The van der Waals surface area contributed by atoms with E-state index in [4.69, 9.17) is 4.74 Å². The highest BCUT2D eigenvalue weighted by Crippen LogP contribution is 2.32. The minimum atomic E-state index is -4.59. The van der Waals surface area contributed by atoms with Gasteiger partial charge in [0.2, 0.25) is 0 Å². The van der Waals surface area contributed by atoms with Crippen molar-refractivity contribution in [3.8, 4) is 0 Å². The number of esters is 1. The molecule has 1 aliphatic heterocycles. The van der Waals surface area contributed by atoms with Crippen LogP contribution in [-0.2, 0) is 46.2 Å². The second kappa shape index (κ2) is 13.0. The summed E-state index contributed by atoms with van der Waals surface area (Å²) in [6.45, 7) is 1.65. The molecule has 1 saturated heterocycles. The Balaban J connectivity index is 1.49. The van der Waals surface area contributed by atoms with Crippen LogP contribution in [0.15, 0.2) is 48.8 Å². The van der Waals surface area contributed by atoms with Crippen molar-refractivity contribution in [2.24, 2.45) is 0 Å². The Morgan fingerprint density at radius 3 is 2.64 bits per heavy atom. The summed E-state index contributed by atoms with van der Waals surface area (Å²) in [5.41, 5.74) is 2.21. The highest BCUT2D eigenvalue weighted by Gasteiger charge is 2.35. The fraction of sp³-hybridized carbons (Fsp3) is 0.393. The number of benzene rings is 1. The first-order valence-corrected chi connectivity index (χ1v) is 12.8. The Hall–Kier alpha value is -3.60. The monoisotopic (exact) mass is 537 g/mol. The van der Waals surface area contributed by atoms with Gasteiger partial charge >= 0.3 is 12.1 Å². The van der Waals surface area contributed by atoms with E-state index in [0.29, 0.717) is 23.0 Å². The first-order chi connectivity index (χ1) is 18.8. The zero-order chi connectivity index (χ0) is 27.8. The lowest BCUT2D eigenvalue weighted by Crippen LogP contribution is -2.37. The molecule has 0 spiro atoms. The van der Waals surface area contributed by atoms with Gasteiger partial charge in [0, 0.05) is 24.5 Å². The number of halogens is 3. The van der Waals surface area contributed by atoms with E-state index in [-0.39, 0.29) is 31.4 Å². The van der Waals surface area contributed by atoms with E-state index in [1.807, 2.05) is 29.1 Å². The fourth-order valence-corrected chi connectivity index (χ4v) is 4.88. The summed E-state index contributed by atoms with van der Waals surface area (Å²) in [6, 6.07) is 11.3. The molecule has 203 valence electrons. The van der Waals surface area contributed by atoms with Gasteiger partial charge in [0.25, 0.3) is 7.41 Å². The maximum Gasteiger partial charge on any atom is 0.419 e. The van der Waals surface area contributed by atoms with E-state index in [1.165, 1.54) is 7.11 Å². The van der Waals surface area contributed by atoms with Crippen LogP contribution in [0.25, 0.3) is 0 Å². The standard InChI is InChI=1S/C28H29BF3N4O3/c1-39-27(38)15-21-4-2-12-33-24(21)10-11-25-23(28(30,31)32)16-34-26(35-25)14-19-6-8-20(9-7-19)22-5-3-13-36(17-22)29-18-37/h2,4,6-9,12,16,18,22H,3,5,10-11,13-15,17H2,1H3. The molecular formula is C28H29BF3N4O3. The number of alkyl halides is 3. The van der Waals surface area contributed by atoms with E-state index in [9.17, 15) is 22.8 Å². The molecule has 2 aromatic heterocycles. The highest BCUT2D eigenvalue weighted by atomic mass is 19.4. The van der Waals surface area contributed by atoms with Gasteiger partial charge in [-0.1, -0.05) is 30.3 Å². The summed E-state index contributed by atoms with van der Waals surface area (Å²) in [6.07, 6.45) is 1.09. The van der Waals surface area contributed by atoms with E-state index < -0.39 is 17.7 Å². The number of rotatable bonds is 10. The lowest BCUT2D eigenvalue weighted by atomic mass is 9.84. The Bertz CT molecular complexity index is 1290. The van der Waals surface area contributed by atoms with Crippen molar-refractivity contribution in [2.75, 3.05) is 20.2 Å². The highest BCUT2D eigenvalue weighted by molar-refractivity contribution is 6.64. The predicted molar refractivity (Wildman–Crippen MR) is 140 cm³/mol. The molecular weight excluding hydrogens is 508 g/mol. The third-order valence-electron chi connectivity index (χ3n) is 6.91. The SMILES string of the molecule is COC(=O)Cc1cccnc1CCc1nc(Cc2ccc(C3CCCN([B]C=O)C3)cc2)ncc1C(F)(F)F. The Morgan fingerprint density at radius 1 is 1.15 bits per heavy atom. The van der Waals surface area contributed by atoms with Crippen LogP contribution in [0.3, 0.4) is 0 Å². The second-order valence-electron chi connectivity index (χ2n) is 9.54. The summed E-state index contributed by atoms with van der Waals surface area (Å²) in [5.74, 6) is 0.162. The number of nitrogens with zero attached hydrogens (tertiary/aromatic N) is 4. The number of hydrogen-bond acceptors (Lipinski definition) is 7. The third kappa shape index (κ3) is 7.72. The molecule has 1 fully saturated rings. The van der Waals surface area contributed by atoms with Crippen molar-refractivity contribution in [2.45, 2.75) is 50.6 Å². The molecule has 0 aliphatic carbocycles. The topological polar surface area (TPSA) is 85.3 Å². The third-order valence-corrected chi connectivity index (χ3v) is 6.91. The molecule has 1 atom stereocenters. The second-order valence-corrected chi connectivity index (χ2v) is 9.54. The summed E-state index contributed by atoms with van der Waals surface area (Å²) < 4.78 is 45.9. The molecule has 0 amide bonds. The number of pyridine rings is 1. The van der Waals surface area contributed by atoms with Gasteiger partial charge in [-0.2, -0.15) is 13.2 Å². The Morgan fingerprint density at radius 2 is 1.92 bits per heavy atom. The summed E-state index contributed by atoms with van der Waals surface area (Å²) >= 11 is 0.